The maximum atomic E-state index is 12.8. The number of carbonyl (C=O) groups excluding carboxylic acids is 2. The highest BCUT2D eigenvalue weighted by atomic mass is 16.5. The SMILES string of the molecule is CC(C)Oc1cc(N(C)C)ccc1/C=C1/C(=O)NN(c2ccccc2)C1=O. The first-order chi connectivity index (χ1) is 12.9. The minimum atomic E-state index is -0.434. The molecule has 1 aliphatic heterocycles. The zero-order valence-electron chi connectivity index (χ0n) is 15.9. The molecule has 0 bridgehead atoms. The van der Waals surface area contributed by atoms with Crippen LogP contribution in [0.2, 0.25) is 0 Å². The van der Waals surface area contributed by atoms with Crippen LogP contribution in [0.1, 0.15) is 19.4 Å². The van der Waals surface area contributed by atoms with E-state index < -0.39 is 11.8 Å². The third kappa shape index (κ3) is 3.95. The molecule has 0 aromatic heterocycles. The van der Waals surface area contributed by atoms with E-state index in [9.17, 15) is 9.59 Å². The molecular weight excluding hydrogens is 342 g/mol. The average molecular weight is 365 g/mol. The first-order valence-electron chi connectivity index (χ1n) is 8.77. The number of nitrogens with one attached hydrogen (secondary N) is 1. The Hall–Kier alpha value is -3.28. The summed E-state index contributed by atoms with van der Waals surface area (Å²) in [6.07, 6.45) is 1.55. The number of anilines is 2. The number of ether oxygens (including phenoxy) is 1. The molecule has 6 nitrogen and oxygen atoms in total. The van der Waals surface area contributed by atoms with Gasteiger partial charge >= 0.3 is 0 Å². The van der Waals surface area contributed by atoms with Gasteiger partial charge in [-0.25, -0.2) is 5.01 Å². The van der Waals surface area contributed by atoms with Crippen molar-refractivity contribution in [2.45, 2.75) is 20.0 Å². The molecule has 0 atom stereocenters. The van der Waals surface area contributed by atoms with E-state index in [1.165, 1.54) is 5.01 Å². The average Bonchev–Trinajstić information content (AvgIpc) is 2.91. The number of carbonyl (C=O) groups is 2. The molecule has 1 heterocycles. The maximum absolute atomic E-state index is 12.8. The molecule has 0 unspecified atom stereocenters. The summed E-state index contributed by atoms with van der Waals surface area (Å²) in [7, 11) is 3.89. The first kappa shape index (κ1) is 18.5. The largest absolute Gasteiger partial charge is 0.490 e. The lowest BCUT2D eigenvalue weighted by Gasteiger charge is -2.18. The Labute approximate surface area is 159 Å². The molecule has 0 saturated carbocycles. The van der Waals surface area contributed by atoms with Gasteiger partial charge in [-0.2, -0.15) is 0 Å². The van der Waals surface area contributed by atoms with Gasteiger partial charge in [0.15, 0.2) is 0 Å². The van der Waals surface area contributed by atoms with Gasteiger partial charge < -0.3 is 9.64 Å². The predicted octanol–water partition coefficient (Wildman–Crippen LogP) is 3.00. The standard InChI is InChI=1S/C21H23N3O3/c1-14(2)27-19-13-17(23(3)4)11-10-15(19)12-18-20(25)22-24(21(18)26)16-8-6-5-7-9-16/h5-14H,1-4H3,(H,22,25)/b18-12-. The number of amides is 2. The van der Waals surface area contributed by atoms with Crippen LogP contribution >= 0.6 is 0 Å². The molecule has 1 saturated heterocycles. The second-order valence-corrected chi connectivity index (χ2v) is 6.76. The van der Waals surface area contributed by atoms with Crippen LogP contribution in [0.5, 0.6) is 5.75 Å². The Bertz CT molecular complexity index is 889. The molecule has 2 amide bonds. The third-order valence-electron chi connectivity index (χ3n) is 4.08. The summed E-state index contributed by atoms with van der Waals surface area (Å²) in [6, 6.07) is 14.7. The molecule has 2 aromatic carbocycles. The maximum Gasteiger partial charge on any atom is 0.282 e. The van der Waals surface area contributed by atoms with Crippen molar-refractivity contribution < 1.29 is 14.3 Å². The van der Waals surface area contributed by atoms with Crippen molar-refractivity contribution in [2.24, 2.45) is 0 Å². The molecule has 0 aliphatic carbocycles. The highest BCUT2D eigenvalue weighted by molar-refractivity contribution is 6.31. The van der Waals surface area contributed by atoms with Gasteiger partial charge in [0.05, 0.1) is 11.8 Å². The number of hydrogen-bond acceptors (Lipinski definition) is 4. The molecule has 3 rings (SSSR count). The monoisotopic (exact) mass is 365 g/mol. The summed E-state index contributed by atoms with van der Waals surface area (Å²) in [6.45, 7) is 3.87. The lowest BCUT2D eigenvalue weighted by atomic mass is 10.1. The first-order valence-corrected chi connectivity index (χ1v) is 8.77. The summed E-state index contributed by atoms with van der Waals surface area (Å²) in [5.41, 5.74) is 4.95. The summed E-state index contributed by atoms with van der Waals surface area (Å²) < 4.78 is 5.90. The van der Waals surface area contributed by atoms with Gasteiger partial charge in [0.25, 0.3) is 11.8 Å². The molecule has 1 aliphatic rings. The summed E-state index contributed by atoms with van der Waals surface area (Å²) >= 11 is 0. The second kappa shape index (κ2) is 7.53. The fraction of sp³-hybridized carbons (Fsp3) is 0.238. The molecule has 1 N–H and O–H groups in total. The Morgan fingerprint density at radius 1 is 1.07 bits per heavy atom. The van der Waals surface area contributed by atoms with Crippen molar-refractivity contribution in [1.29, 1.82) is 0 Å². The highest BCUT2D eigenvalue weighted by Gasteiger charge is 2.34. The van der Waals surface area contributed by atoms with E-state index in [0.29, 0.717) is 17.0 Å². The number of nitrogens with zero attached hydrogens (tertiary/aromatic N) is 2. The number of benzene rings is 2. The quantitative estimate of drug-likeness (QED) is 0.654. The van der Waals surface area contributed by atoms with Crippen LogP contribution in [-0.4, -0.2) is 32.0 Å². The lowest BCUT2D eigenvalue weighted by Crippen LogP contribution is -2.35. The molecule has 6 heteroatoms. The Kier molecular flexibility index (Phi) is 5.16. The molecule has 1 fully saturated rings. The van der Waals surface area contributed by atoms with E-state index in [-0.39, 0.29) is 11.7 Å². The molecule has 0 radical (unpaired) electrons. The van der Waals surface area contributed by atoms with E-state index in [2.05, 4.69) is 5.43 Å². The Morgan fingerprint density at radius 2 is 1.78 bits per heavy atom. The normalized spacial score (nSPS) is 15.4. The third-order valence-corrected chi connectivity index (χ3v) is 4.08. The van der Waals surface area contributed by atoms with Crippen LogP contribution in [0.3, 0.4) is 0 Å². The highest BCUT2D eigenvalue weighted by Crippen LogP contribution is 2.29. The lowest BCUT2D eigenvalue weighted by molar-refractivity contribution is -0.117. The second-order valence-electron chi connectivity index (χ2n) is 6.76. The van der Waals surface area contributed by atoms with Gasteiger partial charge in [-0.15, -0.1) is 0 Å². The van der Waals surface area contributed by atoms with E-state index in [0.717, 1.165) is 5.69 Å². The van der Waals surface area contributed by atoms with Gasteiger partial charge in [0, 0.05) is 31.4 Å². The number of rotatable bonds is 5. The fourth-order valence-corrected chi connectivity index (χ4v) is 2.75. The summed E-state index contributed by atoms with van der Waals surface area (Å²) in [4.78, 5) is 27.1. The van der Waals surface area contributed by atoms with E-state index in [1.807, 2.05) is 69.2 Å². The van der Waals surface area contributed by atoms with E-state index >= 15 is 0 Å². The van der Waals surface area contributed by atoms with Gasteiger partial charge in [-0.3, -0.25) is 15.0 Å². The predicted molar refractivity (Wildman–Crippen MR) is 107 cm³/mol. The van der Waals surface area contributed by atoms with Crippen molar-refractivity contribution >= 4 is 29.3 Å². The molecular formula is C21H23N3O3. The van der Waals surface area contributed by atoms with Gasteiger partial charge in [-0.1, -0.05) is 18.2 Å². The van der Waals surface area contributed by atoms with Crippen LogP contribution in [0.15, 0.2) is 54.1 Å². The van der Waals surface area contributed by atoms with Gasteiger partial charge in [-0.05, 0) is 44.2 Å². The number of para-hydroxylation sites is 1. The molecule has 27 heavy (non-hydrogen) atoms. The van der Waals surface area contributed by atoms with Gasteiger partial charge in [0.1, 0.15) is 11.3 Å². The zero-order valence-corrected chi connectivity index (χ0v) is 15.9. The number of hydrogen-bond donors (Lipinski definition) is 1. The van der Waals surface area contributed by atoms with Crippen molar-refractivity contribution in [1.82, 2.24) is 5.43 Å². The fourth-order valence-electron chi connectivity index (χ4n) is 2.75. The van der Waals surface area contributed by atoms with Crippen LogP contribution < -0.4 is 20.1 Å². The molecule has 140 valence electrons. The van der Waals surface area contributed by atoms with Crippen molar-refractivity contribution in [3.63, 3.8) is 0 Å². The zero-order chi connectivity index (χ0) is 19.6. The van der Waals surface area contributed by atoms with Crippen LogP contribution in [0, 0.1) is 0 Å². The minimum absolute atomic E-state index is 0.0338. The number of hydrazine groups is 1. The van der Waals surface area contributed by atoms with Gasteiger partial charge in [0.2, 0.25) is 0 Å². The Balaban J connectivity index is 1.98. The summed E-state index contributed by atoms with van der Waals surface area (Å²) in [5, 5.41) is 1.26. The molecule has 2 aromatic rings. The summed E-state index contributed by atoms with van der Waals surface area (Å²) in [5.74, 6) is -0.197. The Morgan fingerprint density at radius 3 is 2.41 bits per heavy atom. The van der Waals surface area contributed by atoms with Crippen molar-refractivity contribution in [3.05, 3.63) is 59.7 Å². The van der Waals surface area contributed by atoms with E-state index in [1.54, 1.807) is 18.2 Å². The van der Waals surface area contributed by atoms with Crippen LogP contribution in [0.25, 0.3) is 6.08 Å². The topological polar surface area (TPSA) is 61.9 Å². The van der Waals surface area contributed by atoms with E-state index in [4.69, 9.17) is 4.74 Å². The van der Waals surface area contributed by atoms with Crippen molar-refractivity contribution in [3.8, 4) is 5.75 Å². The van der Waals surface area contributed by atoms with Crippen LogP contribution in [-0.2, 0) is 9.59 Å². The smallest absolute Gasteiger partial charge is 0.282 e. The molecule has 0 spiro atoms. The van der Waals surface area contributed by atoms with Crippen molar-refractivity contribution in [2.75, 3.05) is 24.0 Å². The minimum Gasteiger partial charge on any atom is -0.490 e. The van der Waals surface area contributed by atoms with Crippen LogP contribution in [0.4, 0.5) is 11.4 Å².